The maximum Gasteiger partial charge on any atom is 0.307 e. The van der Waals surface area contributed by atoms with Gasteiger partial charge in [-0.05, 0) is 48.8 Å². The average molecular weight is 329 g/mol. The summed E-state index contributed by atoms with van der Waals surface area (Å²) in [6.07, 6.45) is 3.42. The molecule has 3 fully saturated rings. The van der Waals surface area contributed by atoms with Crippen LogP contribution in [0.1, 0.15) is 47.5 Å². The summed E-state index contributed by atoms with van der Waals surface area (Å²) in [6.45, 7) is 2.86. The van der Waals surface area contributed by atoms with Gasteiger partial charge in [-0.3, -0.25) is 9.59 Å². The third kappa shape index (κ3) is 2.71. The second-order valence-corrected chi connectivity index (χ2v) is 7.44. The SMILES string of the molecule is O=C(O)C1CC12CCN(C(=O)c1cccc(C3CCOC3)c1)CC2. The van der Waals surface area contributed by atoms with E-state index >= 15 is 0 Å². The van der Waals surface area contributed by atoms with Gasteiger partial charge in [0.2, 0.25) is 0 Å². The van der Waals surface area contributed by atoms with E-state index in [0.29, 0.717) is 19.0 Å². The third-order valence-electron chi connectivity index (χ3n) is 6.07. The lowest BCUT2D eigenvalue weighted by Crippen LogP contribution is -2.40. The Labute approximate surface area is 141 Å². The molecule has 1 saturated carbocycles. The van der Waals surface area contributed by atoms with Gasteiger partial charge in [-0.1, -0.05) is 12.1 Å². The summed E-state index contributed by atoms with van der Waals surface area (Å²) in [4.78, 5) is 25.8. The van der Waals surface area contributed by atoms with Crippen LogP contribution in [0.3, 0.4) is 0 Å². The van der Waals surface area contributed by atoms with Gasteiger partial charge >= 0.3 is 5.97 Å². The number of carbonyl (C=O) groups is 2. The smallest absolute Gasteiger partial charge is 0.307 e. The van der Waals surface area contributed by atoms with Crippen molar-refractivity contribution in [2.75, 3.05) is 26.3 Å². The second kappa shape index (κ2) is 5.88. The van der Waals surface area contributed by atoms with E-state index in [-0.39, 0.29) is 17.2 Å². The van der Waals surface area contributed by atoms with Gasteiger partial charge in [0.15, 0.2) is 0 Å². The fourth-order valence-electron chi connectivity index (χ4n) is 4.31. The van der Waals surface area contributed by atoms with Crippen molar-refractivity contribution in [1.82, 2.24) is 4.90 Å². The maximum absolute atomic E-state index is 12.8. The monoisotopic (exact) mass is 329 g/mol. The molecule has 1 aliphatic carbocycles. The summed E-state index contributed by atoms with van der Waals surface area (Å²) in [5, 5.41) is 9.17. The molecule has 0 bridgehead atoms. The maximum atomic E-state index is 12.8. The Morgan fingerprint density at radius 3 is 2.67 bits per heavy atom. The van der Waals surface area contributed by atoms with Crippen LogP contribution in [-0.2, 0) is 9.53 Å². The van der Waals surface area contributed by atoms with Gasteiger partial charge in [0.05, 0.1) is 12.5 Å². The highest BCUT2D eigenvalue weighted by Gasteiger charge is 2.59. The predicted octanol–water partition coefficient (Wildman–Crippen LogP) is 2.52. The normalized spacial score (nSPS) is 28.1. The van der Waals surface area contributed by atoms with Crippen LogP contribution in [0.15, 0.2) is 24.3 Å². The first-order chi connectivity index (χ1) is 11.6. The third-order valence-corrected chi connectivity index (χ3v) is 6.07. The number of aliphatic carboxylic acids is 1. The second-order valence-electron chi connectivity index (χ2n) is 7.44. The van der Waals surface area contributed by atoms with Crippen LogP contribution >= 0.6 is 0 Å². The van der Waals surface area contributed by atoms with Gasteiger partial charge in [0.1, 0.15) is 0 Å². The first-order valence-electron chi connectivity index (χ1n) is 8.79. The Morgan fingerprint density at radius 1 is 1.25 bits per heavy atom. The fourth-order valence-corrected chi connectivity index (χ4v) is 4.31. The zero-order valence-electron chi connectivity index (χ0n) is 13.7. The number of nitrogens with zero attached hydrogens (tertiary/aromatic N) is 1. The van der Waals surface area contributed by atoms with Gasteiger partial charge in [0, 0.05) is 31.2 Å². The van der Waals surface area contributed by atoms with Crippen molar-refractivity contribution in [3.05, 3.63) is 35.4 Å². The molecule has 5 nitrogen and oxygen atoms in total. The Bertz CT molecular complexity index is 657. The molecule has 24 heavy (non-hydrogen) atoms. The molecule has 1 aromatic rings. The van der Waals surface area contributed by atoms with Crippen molar-refractivity contribution in [2.45, 2.75) is 31.6 Å². The minimum atomic E-state index is -0.679. The van der Waals surface area contributed by atoms with Crippen molar-refractivity contribution in [2.24, 2.45) is 11.3 Å². The topological polar surface area (TPSA) is 66.8 Å². The average Bonchev–Trinajstić information content (AvgIpc) is 3.05. The minimum absolute atomic E-state index is 0.0361. The van der Waals surface area contributed by atoms with E-state index in [1.807, 2.05) is 23.1 Å². The lowest BCUT2D eigenvalue weighted by Gasteiger charge is -2.32. The number of ether oxygens (including phenoxy) is 1. The molecule has 2 saturated heterocycles. The molecule has 4 rings (SSSR count). The zero-order valence-corrected chi connectivity index (χ0v) is 13.7. The van der Waals surface area contributed by atoms with Crippen LogP contribution in [-0.4, -0.2) is 48.2 Å². The molecular formula is C19H23NO4. The van der Waals surface area contributed by atoms with Crippen LogP contribution < -0.4 is 0 Å². The molecule has 1 aromatic carbocycles. The number of hydrogen-bond donors (Lipinski definition) is 1. The molecule has 1 amide bonds. The van der Waals surface area contributed by atoms with E-state index < -0.39 is 5.97 Å². The molecule has 2 unspecified atom stereocenters. The Morgan fingerprint density at radius 2 is 2.04 bits per heavy atom. The van der Waals surface area contributed by atoms with E-state index in [9.17, 15) is 9.59 Å². The van der Waals surface area contributed by atoms with E-state index in [4.69, 9.17) is 9.84 Å². The number of rotatable bonds is 3. The van der Waals surface area contributed by atoms with Crippen molar-refractivity contribution >= 4 is 11.9 Å². The van der Waals surface area contributed by atoms with Crippen LogP contribution in [0.25, 0.3) is 0 Å². The van der Waals surface area contributed by atoms with Gasteiger partial charge in [-0.25, -0.2) is 0 Å². The number of carbonyl (C=O) groups excluding carboxylic acids is 1. The van der Waals surface area contributed by atoms with Crippen molar-refractivity contribution in [3.63, 3.8) is 0 Å². The van der Waals surface area contributed by atoms with Gasteiger partial charge in [-0.2, -0.15) is 0 Å². The van der Waals surface area contributed by atoms with Crippen LogP contribution in [0.4, 0.5) is 0 Å². The number of piperidine rings is 1. The van der Waals surface area contributed by atoms with Crippen molar-refractivity contribution in [3.8, 4) is 0 Å². The zero-order chi connectivity index (χ0) is 16.7. The molecule has 3 aliphatic rings. The molecule has 1 N–H and O–H groups in total. The highest BCUT2D eigenvalue weighted by molar-refractivity contribution is 5.94. The Hall–Kier alpha value is -1.88. The fraction of sp³-hybridized carbons (Fsp3) is 0.579. The van der Waals surface area contributed by atoms with Crippen LogP contribution in [0.2, 0.25) is 0 Å². The van der Waals surface area contributed by atoms with E-state index in [1.54, 1.807) is 0 Å². The lowest BCUT2D eigenvalue weighted by molar-refractivity contribution is -0.139. The summed E-state index contributed by atoms with van der Waals surface area (Å²) < 4.78 is 5.44. The number of amides is 1. The molecule has 1 spiro atoms. The number of likely N-dealkylation sites (tertiary alicyclic amines) is 1. The first kappa shape index (κ1) is 15.6. The van der Waals surface area contributed by atoms with E-state index in [1.165, 1.54) is 5.56 Å². The highest BCUT2D eigenvalue weighted by Crippen LogP contribution is 2.59. The predicted molar refractivity (Wildman–Crippen MR) is 87.9 cm³/mol. The number of carboxylic acid groups (broad SMARTS) is 1. The molecule has 2 heterocycles. The molecule has 5 heteroatoms. The molecule has 0 radical (unpaired) electrons. The van der Waals surface area contributed by atoms with Gasteiger partial charge < -0.3 is 14.7 Å². The Kier molecular flexibility index (Phi) is 3.83. The number of carboxylic acids is 1. The van der Waals surface area contributed by atoms with Gasteiger partial charge in [0.25, 0.3) is 5.91 Å². The largest absolute Gasteiger partial charge is 0.481 e. The van der Waals surface area contributed by atoms with E-state index in [0.717, 1.165) is 44.5 Å². The first-order valence-corrected chi connectivity index (χ1v) is 8.79. The highest BCUT2D eigenvalue weighted by atomic mass is 16.5. The summed E-state index contributed by atoms with van der Waals surface area (Å²) in [7, 11) is 0. The molecule has 2 aliphatic heterocycles. The minimum Gasteiger partial charge on any atom is -0.481 e. The number of hydrogen-bond acceptors (Lipinski definition) is 3. The summed E-state index contributed by atoms with van der Waals surface area (Å²) >= 11 is 0. The molecule has 128 valence electrons. The number of benzene rings is 1. The van der Waals surface area contributed by atoms with Crippen molar-refractivity contribution in [1.29, 1.82) is 0 Å². The summed E-state index contributed by atoms with van der Waals surface area (Å²) in [5.41, 5.74) is 1.88. The van der Waals surface area contributed by atoms with Gasteiger partial charge in [-0.15, -0.1) is 0 Å². The molecule has 0 aromatic heterocycles. The molecular weight excluding hydrogens is 306 g/mol. The standard InChI is InChI=1S/C19H23NO4/c21-17(14-3-1-2-13(10-14)15-4-9-24-12-15)20-7-5-19(6-8-20)11-16(19)18(22)23/h1-3,10,15-16H,4-9,11-12H2,(H,22,23). The van der Waals surface area contributed by atoms with E-state index in [2.05, 4.69) is 6.07 Å². The lowest BCUT2D eigenvalue weighted by atomic mass is 9.90. The quantitative estimate of drug-likeness (QED) is 0.925. The summed E-state index contributed by atoms with van der Waals surface area (Å²) in [5.74, 6) is -0.412. The van der Waals surface area contributed by atoms with Crippen LogP contribution in [0, 0.1) is 11.3 Å². The molecule has 2 atom stereocenters. The summed E-state index contributed by atoms with van der Waals surface area (Å²) in [6, 6.07) is 7.91. The van der Waals surface area contributed by atoms with Crippen molar-refractivity contribution < 1.29 is 19.4 Å². The van der Waals surface area contributed by atoms with Crippen LogP contribution in [0.5, 0.6) is 0 Å². The Balaban J connectivity index is 1.42.